The van der Waals surface area contributed by atoms with Crippen LogP contribution in [0.4, 0.5) is 17.1 Å². The first-order chi connectivity index (χ1) is 25.2. The van der Waals surface area contributed by atoms with Crippen LogP contribution < -0.4 is 24.6 Å². The lowest BCUT2D eigenvalue weighted by molar-refractivity contribution is -0.153. The van der Waals surface area contributed by atoms with Gasteiger partial charge in [0, 0.05) is 91.5 Å². The molecule has 53 heavy (non-hydrogen) atoms. The number of fused-ring (bicyclic) bond motifs is 6. The molecule has 7 rings (SSSR count). The van der Waals surface area contributed by atoms with E-state index in [9.17, 15) is 24.0 Å². The van der Waals surface area contributed by atoms with Gasteiger partial charge in [0.05, 0.1) is 16.8 Å². The van der Waals surface area contributed by atoms with Gasteiger partial charge in [0.1, 0.15) is 11.5 Å². The number of esters is 2. The number of hydrogen-bond donors (Lipinski definition) is 1. The number of benzene rings is 4. The van der Waals surface area contributed by atoms with Crippen LogP contribution in [0.2, 0.25) is 0 Å². The highest BCUT2D eigenvalue weighted by Crippen LogP contribution is 2.60. The number of amides is 3. The molecule has 2 heterocycles. The van der Waals surface area contributed by atoms with E-state index in [4.69, 9.17) is 32.7 Å². The number of carbonyl (C=O) groups is 5. The van der Waals surface area contributed by atoms with Gasteiger partial charge in [0.25, 0.3) is 0 Å². The molecular formula is C41H41Cl2N3O7. The molecule has 1 aliphatic carbocycles. The van der Waals surface area contributed by atoms with Crippen molar-refractivity contribution in [2.45, 2.75) is 65.7 Å². The first-order valence-electron chi connectivity index (χ1n) is 17.8. The Kier molecular flexibility index (Phi) is 9.43. The molecule has 2 aliphatic heterocycles. The van der Waals surface area contributed by atoms with E-state index < -0.39 is 22.8 Å². The van der Waals surface area contributed by atoms with Crippen LogP contribution in [0.5, 0.6) is 11.5 Å². The van der Waals surface area contributed by atoms with E-state index in [1.54, 1.807) is 34.1 Å². The summed E-state index contributed by atoms with van der Waals surface area (Å²) in [7, 11) is 0. The number of ether oxygens (including phenoxy) is 2. The largest absolute Gasteiger partial charge is 0.426 e. The van der Waals surface area contributed by atoms with Crippen LogP contribution in [0.25, 0.3) is 21.5 Å². The Morgan fingerprint density at radius 1 is 0.736 bits per heavy atom. The molecule has 1 saturated carbocycles. The van der Waals surface area contributed by atoms with Crippen LogP contribution in [0.1, 0.15) is 76.8 Å². The molecule has 4 aromatic rings. The number of nitrogens with one attached hydrogen (secondary N) is 1. The van der Waals surface area contributed by atoms with Crippen molar-refractivity contribution in [1.29, 1.82) is 0 Å². The fourth-order valence-electron chi connectivity index (χ4n) is 9.03. The SMILES string of the molecule is CCC1(C(=O)N2CC(CCl)c3c2cc(OC(C)=O)c2ccccc32)CC(C)(C(=O)N2CC(CCl)c3c2cc(OC(C)=O)c2ccc(NC(C)=O)cc32)C1. The summed E-state index contributed by atoms with van der Waals surface area (Å²) in [5, 5.41) is 5.86. The fraction of sp³-hybridized carbons (Fsp3) is 0.390. The Hall–Kier alpha value is -4.67. The van der Waals surface area contributed by atoms with Gasteiger partial charge in [-0.05, 0) is 59.4 Å². The normalized spacial score (nSPS) is 23.0. The molecule has 276 valence electrons. The number of anilines is 3. The summed E-state index contributed by atoms with van der Waals surface area (Å²) in [5.74, 6) is -0.571. The first-order valence-corrected chi connectivity index (χ1v) is 18.9. The number of halogens is 2. The Morgan fingerprint density at radius 2 is 1.25 bits per heavy atom. The molecule has 1 N–H and O–H groups in total. The molecule has 4 aromatic carbocycles. The molecule has 10 nitrogen and oxygen atoms in total. The van der Waals surface area contributed by atoms with Crippen LogP contribution in [0.3, 0.4) is 0 Å². The van der Waals surface area contributed by atoms with Gasteiger partial charge in [-0.15, -0.1) is 23.2 Å². The predicted molar refractivity (Wildman–Crippen MR) is 207 cm³/mol. The molecule has 1 fully saturated rings. The van der Waals surface area contributed by atoms with Crippen molar-refractivity contribution in [3.63, 3.8) is 0 Å². The van der Waals surface area contributed by atoms with Crippen LogP contribution >= 0.6 is 23.2 Å². The Morgan fingerprint density at radius 3 is 1.75 bits per heavy atom. The molecule has 0 bridgehead atoms. The summed E-state index contributed by atoms with van der Waals surface area (Å²) in [6, 6.07) is 16.5. The molecule has 3 amide bonds. The third-order valence-electron chi connectivity index (χ3n) is 11.1. The standard InChI is InChI=1S/C41H41Cl2N3O7/c1-6-41(39(51)46-19-25(16-42)36-30-10-8-7-9-28(30)34(14-32(36)46)52-23(3)48)20-40(5,21-41)38(50)45-18-26(17-43)37-31-13-27(44-22(2)47)11-12-29(31)35(15-33(37)45)53-24(4)49/h7-15,25-26H,6,16-21H2,1-5H3,(H,44,47). The average molecular weight is 759 g/mol. The Bertz CT molecular complexity index is 2230. The topological polar surface area (TPSA) is 122 Å². The molecule has 12 heteroatoms. The summed E-state index contributed by atoms with van der Waals surface area (Å²) in [6.07, 6.45) is 1.17. The van der Waals surface area contributed by atoms with Crippen LogP contribution in [0.15, 0.2) is 54.6 Å². The summed E-state index contributed by atoms with van der Waals surface area (Å²) in [6.45, 7) is 8.65. The molecule has 0 radical (unpaired) electrons. The molecule has 3 aliphatic rings. The maximum atomic E-state index is 14.8. The summed E-state index contributed by atoms with van der Waals surface area (Å²) >= 11 is 13.1. The minimum Gasteiger partial charge on any atom is -0.426 e. The third kappa shape index (κ3) is 6.09. The average Bonchev–Trinajstić information content (AvgIpc) is 3.67. The highest BCUT2D eigenvalue weighted by atomic mass is 35.5. The highest BCUT2D eigenvalue weighted by molar-refractivity contribution is 6.20. The fourth-order valence-corrected chi connectivity index (χ4v) is 9.53. The Balaban J connectivity index is 1.23. The van der Waals surface area contributed by atoms with E-state index in [0.29, 0.717) is 72.2 Å². The second-order valence-electron chi connectivity index (χ2n) is 14.9. The van der Waals surface area contributed by atoms with Gasteiger partial charge in [-0.1, -0.05) is 38.1 Å². The monoisotopic (exact) mass is 757 g/mol. The molecule has 0 aromatic heterocycles. The van der Waals surface area contributed by atoms with Crippen molar-refractivity contribution in [2.24, 2.45) is 10.8 Å². The lowest BCUT2D eigenvalue weighted by atomic mass is 9.51. The van der Waals surface area contributed by atoms with E-state index >= 15 is 0 Å². The van der Waals surface area contributed by atoms with Gasteiger partial charge >= 0.3 is 11.9 Å². The zero-order chi connectivity index (χ0) is 38.0. The van der Waals surface area contributed by atoms with Crippen molar-refractivity contribution in [1.82, 2.24) is 0 Å². The minimum atomic E-state index is -0.876. The van der Waals surface area contributed by atoms with Crippen LogP contribution in [-0.2, 0) is 24.0 Å². The second kappa shape index (κ2) is 13.6. The number of carbonyl (C=O) groups excluding carboxylic acids is 5. The van der Waals surface area contributed by atoms with Crippen molar-refractivity contribution >= 4 is 91.5 Å². The molecule has 0 saturated heterocycles. The molecule has 0 spiro atoms. The smallest absolute Gasteiger partial charge is 0.308 e. The van der Waals surface area contributed by atoms with E-state index in [2.05, 4.69) is 5.32 Å². The Labute approximate surface area is 317 Å². The van der Waals surface area contributed by atoms with Gasteiger partial charge in [-0.3, -0.25) is 24.0 Å². The molecule has 2 atom stereocenters. The summed E-state index contributed by atoms with van der Waals surface area (Å²) in [5.41, 5.74) is 1.92. The van der Waals surface area contributed by atoms with Crippen molar-refractivity contribution < 1.29 is 33.4 Å². The zero-order valence-corrected chi connectivity index (χ0v) is 31.8. The maximum Gasteiger partial charge on any atom is 0.308 e. The van der Waals surface area contributed by atoms with Crippen LogP contribution in [0, 0.1) is 10.8 Å². The lowest BCUT2D eigenvalue weighted by Crippen LogP contribution is -2.60. The van der Waals surface area contributed by atoms with Crippen molar-refractivity contribution in [2.75, 3.05) is 40.0 Å². The minimum absolute atomic E-state index is 0.0858. The van der Waals surface area contributed by atoms with Crippen molar-refractivity contribution in [3.8, 4) is 11.5 Å². The maximum absolute atomic E-state index is 14.8. The van der Waals surface area contributed by atoms with Crippen LogP contribution in [-0.4, -0.2) is 54.5 Å². The second-order valence-corrected chi connectivity index (χ2v) is 15.5. The van der Waals surface area contributed by atoms with Gasteiger partial charge in [-0.2, -0.15) is 0 Å². The van der Waals surface area contributed by atoms with Gasteiger partial charge in [0.2, 0.25) is 17.7 Å². The summed E-state index contributed by atoms with van der Waals surface area (Å²) in [4.78, 5) is 69.2. The lowest BCUT2D eigenvalue weighted by Gasteiger charge is -2.54. The van der Waals surface area contributed by atoms with Gasteiger partial charge < -0.3 is 24.6 Å². The quantitative estimate of drug-likeness (QED) is 0.110. The number of hydrogen-bond acceptors (Lipinski definition) is 7. The van der Waals surface area contributed by atoms with E-state index in [0.717, 1.165) is 27.3 Å². The van der Waals surface area contributed by atoms with Crippen molar-refractivity contribution in [3.05, 3.63) is 65.7 Å². The molecular weight excluding hydrogens is 717 g/mol. The number of alkyl halides is 2. The zero-order valence-electron chi connectivity index (χ0n) is 30.3. The molecule has 2 unspecified atom stereocenters. The third-order valence-corrected chi connectivity index (χ3v) is 11.9. The van der Waals surface area contributed by atoms with Gasteiger partial charge in [-0.25, -0.2) is 0 Å². The van der Waals surface area contributed by atoms with Gasteiger partial charge in [0.15, 0.2) is 0 Å². The number of rotatable bonds is 8. The van der Waals surface area contributed by atoms with E-state index in [1.807, 2.05) is 44.2 Å². The summed E-state index contributed by atoms with van der Waals surface area (Å²) < 4.78 is 11.3. The number of nitrogens with zero attached hydrogens (tertiary/aromatic N) is 2. The first kappa shape index (κ1) is 36.7. The van der Waals surface area contributed by atoms with E-state index in [-0.39, 0.29) is 35.4 Å². The predicted octanol–water partition coefficient (Wildman–Crippen LogP) is 8.04. The highest BCUT2D eigenvalue weighted by Gasteiger charge is 2.62. The van der Waals surface area contributed by atoms with E-state index in [1.165, 1.54) is 20.8 Å².